The van der Waals surface area contributed by atoms with Gasteiger partial charge in [0.1, 0.15) is 0 Å². The second-order valence-corrected chi connectivity index (χ2v) is 6.85. The molecule has 0 aliphatic carbocycles. The number of H-pyrrole nitrogens is 1. The Bertz CT molecular complexity index is 719. The average Bonchev–Trinajstić information content (AvgIpc) is 2.48. The van der Waals surface area contributed by atoms with Crippen molar-refractivity contribution in [2.75, 3.05) is 13.6 Å². The van der Waals surface area contributed by atoms with E-state index in [9.17, 15) is 13.2 Å². The van der Waals surface area contributed by atoms with Gasteiger partial charge in [-0.05, 0) is 24.5 Å². The predicted octanol–water partition coefficient (Wildman–Crippen LogP) is 1.63. The molecule has 0 aliphatic heterocycles. The van der Waals surface area contributed by atoms with Crippen LogP contribution in [-0.2, 0) is 16.4 Å². The first-order valence-corrected chi connectivity index (χ1v) is 8.13. The van der Waals surface area contributed by atoms with Crippen molar-refractivity contribution < 1.29 is 8.42 Å². The van der Waals surface area contributed by atoms with Gasteiger partial charge < -0.3 is 4.98 Å². The summed E-state index contributed by atoms with van der Waals surface area (Å²) < 4.78 is 25.9. The first-order valence-electron chi connectivity index (χ1n) is 6.69. The number of aromatic amines is 1. The monoisotopic (exact) mass is 306 g/mol. The fraction of sp³-hybridized carbons (Fsp3) is 0.267. The SMILES string of the molecule is CN(CCCc1ccccc1)S(=O)(=O)c1ccc(=O)[nH]c1. The molecule has 1 aromatic heterocycles. The summed E-state index contributed by atoms with van der Waals surface area (Å²) >= 11 is 0. The Labute approximate surface area is 124 Å². The number of aryl methyl sites for hydroxylation is 1. The molecular formula is C15H18N2O3S. The molecule has 5 nitrogen and oxygen atoms in total. The molecule has 0 fully saturated rings. The fourth-order valence-corrected chi connectivity index (χ4v) is 3.18. The molecular weight excluding hydrogens is 288 g/mol. The van der Waals surface area contributed by atoms with Gasteiger partial charge in [-0.1, -0.05) is 30.3 Å². The molecule has 0 amide bonds. The van der Waals surface area contributed by atoms with Gasteiger partial charge in [0.2, 0.25) is 15.6 Å². The van der Waals surface area contributed by atoms with Gasteiger partial charge in [0.05, 0.1) is 4.90 Å². The second-order valence-electron chi connectivity index (χ2n) is 4.80. The molecule has 1 aromatic carbocycles. The summed E-state index contributed by atoms with van der Waals surface area (Å²) in [5.74, 6) is 0. The van der Waals surface area contributed by atoms with Crippen LogP contribution in [0.15, 0.2) is 58.4 Å². The largest absolute Gasteiger partial charge is 0.328 e. The van der Waals surface area contributed by atoms with E-state index < -0.39 is 10.0 Å². The highest BCUT2D eigenvalue weighted by molar-refractivity contribution is 7.89. The maximum absolute atomic E-state index is 12.3. The summed E-state index contributed by atoms with van der Waals surface area (Å²) in [6.07, 6.45) is 2.79. The van der Waals surface area contributed by atoms with Crippen LogP contribution in [0.1, 0.15) is 12.0 Å². The lowest BCUT2D eigenvalue weighted by Crippen LogP contribution is -2.28. The Kier molecular flexibility index (Phi) is 4.93. The summed E-state index contributed by atoms with van der Waals surface area (Å²) in [4.78, 5) is 13.5. The molecule has 0 saturated heterocycles. The van der Waals surface area contributed by atoms with Gasteiger partial charge in [-0.3, -0.25) is 4.79 Å². The highest BCUT2D eigenvalue weighted by Crippen LogP contribution is 2.12. The van der Waals surface area contributed by atoms with Crippen molar-refractivity contribution in [3.63, 3.8) is 0 Å². The van der Waals surface area contributed by atoms with E-state index in [0.29, 0.717) is 6.54 Å². The third kappa shape index (κ3) is 4.03. The minimum Gasteiger partial charge on any atom is -0.328 e. The molecule has 112 valence electrons. The standard InChI is InChI=1S/C15H18N2O3S/c1-17(11-5-8-13-6-3-2-4-7-13)21(19,20)14-9-10-15(18)16-12-14/h2-4,6-7,9-10,12H,5,8,11H2,1H3,(H,16,18). The Balaban J connectivity index is 1.97. The first-order chi connectivity index (χ1) is 10.00. The van der Waals surface area contributed by atoms with E-state index in [1.807, 2.05) is 30.3 Å². The number of hydrogen-bond donors (Lipinski definition) is 1. The zero-order valence-electron chi connectivity index (χ0n) is 11.8. The van der Waals surface area contributed by atoms with Crippen LogP contribution in [-0.4, -0.2) is 31.3 Å². The predicted molar refractivity (Wildman–Crippen MR) is 81.6 cm³/mol. The molecule has 0 radical (unpaired) electrons. The van der Waals surface area contributed by atoms with Crippen molar-refractivity contribution in [3.05, 3.63) is 64.6 Å². The normalized spacial score (nSPS) is 11.7. The molecule has 0 unspecified atom stereocenters. The van der Waals surface area contributed by atoms with Gasteiger partial charge >= 0.3 is 0 Å². The number of aromatic nitrogens is 1. The van der Waals surface area contributed by atoms with Gasteiger partial charge in [-0.15, -0.1) is 0 Å². The van der Waals surface area contributed by atoms with Crippen LogP contribution < -0.4 is 5.56 Å². The number of nitrogens with one attached hydrogen (secondary N) is 1. The summed E-state index contributed by atoms with van der Waals surface area (Å²) in [5.41, 5.74) is 0.869. The van der Waals surface area contributed by atoms with E-state index in [0.717, 1.165) is 12.8 Å². The van der Waals surface area contributed by atoms with Gasteiger partial charge in [0.15, 0.2) is 0 Å². The molecule has 6 heteroatoms. The number of pyridine rings is 1. The van der Waals surface area contributed by atoms with Gasteiger partial charge in [-0.25, -0.2) is 12.7 Å². The van der Waals surface area contributed by atoms with E-state index in [1.165, 1.54) is 28.2 Å². The van der Waals surface area contributed by atoms with Crippen molar-refractivity contribution in [1.82, 2.24) is 9.29 Å². The minimum absolute atomic E-state index is 0.101. The third-order valence-corrected chi connectivity index (χ3v) is 5.10. The molecule has 21 heavy (non-hydrogen) atoms. The van der Waals surface area contributed by atoms with E-state index in [1.54, 1.807) is 7.05 Å². The molecule has 2 aromatic rings. The van der Waals surface area contributed by atoms with Crippen molar-refractivity contribution in [1.29, 1.82) is 0 Å². The fourth-order valence-electron chi connectivity index (χ4n) is 2.01. The van der Waals surface area contributed by atoms with Gasteiger partial charge in [-0.2, -0.15) is 0 Å². The van der Waals surface area contributed by atoms with E-state index in [4.69, 9.17) is 0 Å². The quantitative estimate of drug-likeness (QED) is 0.882. The van der Waals surface area contributed by atoms with Crippen molar-refractivity contribution in [2.45, 2.75) is 17.7 Å². The summed E-state index contributed by atoms with van der Waals surface area (Å²) in [6.45, 7) is 0.427. The average molecular weight is 306 g/mol. The van der Waals surface area contributed by atoms with Crippen LogP contribution in [0.3, 0.4) is 0 Å². The number of sulfonamides is 1. The molecule has 0 atom stereocenters. The Morgan fingerprint density at radius 3 is 2.43 bits per heavy atom. The van der Waals surface area contributed by atoms with Crippen molar-refractivity contribution >= 4 is 10.0 Å². The summed E-state index contributed by atoms with van der Waals surface area (Å²) in [5, 5.41) is 0. The number of rotatable bonds is 6. The molecule has 1 heterocycles. The molecule has 2 rings (SSSR count). The van der Waals surface area contributed by atoms with Crippen molar-refractivity contribution in [2.24, 2.45) is 0 Å². The molecule has 0 saturated carbocycles. The van der Waals surface area contributed by atoms with E-state index in [-0.39, 0.29) is 10.5 Å². The summed E-state index contributed by atoms with van der Waals surface area (Å²) in [6, 6.07) is 12.5. The Morgan fingerprint density at radius 1 is 1.10 bits per heavy atom. The van der Waals surface area contributed by atoms with Crippen LogP contribution in [0, 0.1) is 0 Å². The zero-order valence-corrected chi connectivity index (χ0v) is 12.6. The van der Waals surface area contributed by atoms with Crippen LogP contribution in [0.5, 0.6) is 0 Å². The lowest BCUT2D eigenvalue weighted by Gasteiger charge is -2.16. The summed E-state index contributed by atoms with van der Waals surface area (Å²) in [7, 11) is -2.00. The molecule has 0 aliphatic rings. The number of hydrogen-bond acceptors (Lipinski definition) is 3. The van der Waals surface area contributed by atoms with Crippen LogP contribution >= 0.6 is 0 Å². The molecule has 0 spiro atoms. The number of benzene rings is 1. The van der Waals surface area contributed by atoms with Crippen LogP contribution in [0.25, 0.3) is 0 Å². The second kappa shape index (κ2) is 6.69. The number of nitrogens with zero attached hydrogens (tertiary/aromatic N) is 1. The highest BCUT2D eigenvalue weighted by Gasteiger charge is 2.20. The molecule has 1 N–H and O–H groups in total. The smallest absolute Gasteiger partial charge is 0.247 e. The Morgan fingerprint density at radius 2 is 1.81 bits per heavy atom. The van der Waals surface area contributed by atoms with Gasteiger partial charge in [0, 0.05) is 25.9 Å². The lowest BCUT2D eigenvalue weighted by atomic mass is 10.1. The minimum atomic E-state index is -3.55. The maximum atomic E-state index is 12.3. The first kappa shape index (κ1) is 15.5. The van der Waals surface area contributed by atoms with E-state index in [2.05, 4.69) is 4.98 Å². The zero-order chi connectivity index (χ0) is 15.3. The van der Waals surface area contributed by atoms with Crippen LogP contribution in [0.2, 0.25) is 0 Å². The topological polar surface area (TPSA) is 70.2 Å². The van der Waals surface area contributed by atoms with Crippen LogP contribution in [0.4, 0.5) is 0 Å². The van der Waals surface area contributed by atoms with E-state index >= 15 is 0 Å². The highest BCUT2D eigenvalue weighted by atomic mass is 32.2. The molecule has 0 bridgehead atoms. The van der Waals surface area contributed by atoms with Crippen molar-refractivity contribution in [3.8, 4) is 0 Å². The third-order valence-electron chi connectivity index (χ3n) is 3.25. The lowest BCUT2D eigenvalue weighted by molar-refractivity contribution is 0.461. The van der Waals surface area contributed by atoms with Gasteiger partial charge in [0.25, 0.3) is 0 Å². The Hall–Kier alpha value is -1.92. The maximum Gasteiger partial charge on any atom is 0.247 e.